The summed E-state index contributed by atoms with van der Waals surface area (Å²) in [7, 11) is 0. The zero-order chi connectivity index (χ0) is 8.06. The number of rotatable bonds is 0. The molecule has 4 atom stereocenters. The molecule has 11 heavy (non-hydrogen) atoms. The lowest BCUT2D eigenvalue weighted by Crippen LogP contribution is -2.46. The summed E-state index contributed by atoms with van der Waals surface area (Å²) in [6.45, 7) is 4.69. The molecule has 3 rings (SSSR count). The molecule has 64 valence electrons. The van der Waals surface area contributed by atoms with Crippen molar-refractivity contribution in [2.75, 3.05) is 0 Å². The molecule has 0 heterocycles. The van der Waals surface area contributed by atoms with Gasteiger partial charge in [-0.1, -0.05) is 13.8 Å². The fourth-order valence-corrected chi connectivity index (χ4v) is 2.92. The number of hydrogen-bond donors (Lipinski definition) is 1. The summed E-state index contributed by atoms with van der Waals surface area (Å²) in [6, 6.07) is 0. The molecular weight excluding hydrogens is 136 g/mol. The third kappa shape index (κ3) is 1.01. The minimum atomic E-state index is 0.0185. The molecule has 0 radical (unpaired) electrons. The molecule has 2 bridgehead atoms. The molecule has 1 N–H and O–H groups in total. The van der Waals surface area contributed by atoms with Crippen molar-refractivity contribution in [3.8, 4) is 0 Å². The van der Waals surface area contributed by atoms with Crippen molar-refractivity contribution in [1.29, 1.82) is 0 Å². The number of hydrogen-bond acceptors (Lipinski definition) is 1. The second-order valence-electron chi connectivity index (χ2n) is 4.86. The molecular formula is C10H18O. The first-order chi connectivity index (χ1) is 5.12. The molecule has 3 aliphatic carbocycles. The number of aliphatic hydroxyl groups is 1. The highest BCUT2D eigenvalue weighted by molar-refractivity contribution is 4.97. The monoisotopic (exact) mass is 154 g/mol. The highest BCUT2D eigenvalue weighted by Crippen LogP contribution is 2.53. The summed E-state index contributed by atoms with van der Waals surface area (Å²) in [5, 5.41) is 9.68. The maximum atomic E-state index is 9.68. The Bertz CT molecular complexity index is 166. The summed E-state index contributed by atoms with van der Waals surface area (Å²) in [5.41, 5.74) is 0.466. The van der Waals surface area contributed by atoms with Crippen LogP contribution in [-0.4, -0.2) is 11.2 Å². The first-order valence-corrected chi connectivity index (χ1v) is 4.80. The Morgan fingerprint density at radius 3 is 2.55 bits per heavy atom. The van der Waals surface area contributed by atoms with E-state index < -0.39 is 0 Å². The third-order valence-electron chi connectivity index (χ3n) is 4.15. The van der Waals surface area contributed by atoms with Gasteiger partial charge in [-0.05, 0) is 42.9 Å². The summed E-state index contributed by atoms with van der Waals surface area (Å²) in [5.74, 6) is 1.47. The Balaban J connectivity index is 2.19. The number of fused-ring (bicyclic) bond motifs is 3. The molecule has 3 aliphatic rings. The molecule has 0 aromatic rings. The molecule has 0 amide bonds. The highest BCUT2D eigenvalue weighted by Gasteiger charge is 2.46. The highest BCUT2D eigenvalue weighted by atomic mass is 16.3. The Morgan fingerprint density at radius 2 is 2.18 bits per heavy atom. The van der Waals surface area contributed by atoms with Crippen molar-refractivity contribution >= 4 is 0 Å². The molecule has 0 aliphatic heterocycles. The van der Waals surface area contributed by atoms with E-state index >= 15 is 0 Å². The van der Waals surface area contributed by atoms with Crippen LogP contribution in [0.2, 0.25) is 0 Å². The van der Waals surface area contributed by atoms with Crippen molar-refractivity contribution in [3.63, 3.8) is 0 Å². The van der Waals surface area contributed by atoms with Gasteiger partial charge < -0.3 is 5.11 Å². The van der Waals surface area contributed by atoms with Gasteiger partial charge in [0.25, 0.3) is 0 Å². The second kappa shape index (κ2) is 2.22. The van der Waals surface area contributed by atoms with Crippen molar-refractivity contribution in [1.82, 2.24) is 0 Å². The average molecular weight is 154 g/mol. The van der Waals surface area contributed by atoms with Crippen LogP contribution in [0.5, 0.6) is 0 Å². The Morgan fingerprint density at radius 1 is 1.45 bits per heavy atom. The predicted molar refractivity (Wildman–Crippen MR) is 45.2 cm³/mol. The molecule has 3 saturated carbocycles. The average Bonchev–Trinajstić information content (AvgIpc) is 1.92. The van der Waals surface area contributed by atoms with Gasteiger partial charge >= 0.3 is 0 Å². The summed E-state index contributed by atoms with van der Waals surface area (Å²) in [6.07, 6.45) is 4.94. The smallest absolute Gasteiger partial charge is 0.0573 e. The summed E-state index contributed by atoms with van der Waals surface area (Å²) in [4.78, 5) is 0. The first kappa shape index (κ1) is 7.60. The van der Waals surface area contributed by atoms with E-state index in [1.165, 1.54) is 19.3 Å². The van der Waals surface area contributed by atoms with Crippen LogP contribution in [0, 0.1) is 17.3 Å². The zero-order valence-electron chi connectivity index (χ0n) is 7.51. The van der Waals surface area contributed by atoms with Gasteiger partial charge in [-0.2, -0.15) is 0 Å². The van der Waals surface area contributed by atoms with Gasteiger partial charge in [0.2, 0.25) is 0 Å². The van der Waals surface area contributed by atoms with Crippen LogP contribution in [0.4, 0.5) is 0 Å². The Labute approximate surface area is 68.8 Å². The van der Waals surface area contributed by atoms with Crippen LogP contribution in [0.15, 0.2) is 0 Å². The van der Waals surface area contributed by atoms with Crippen LogP contribution in [0.1, 0.15) is 39.5 Å². The van der Waals surface area contributed by atoms with Crippen LogP contribution in [0.25, 0.3) is 0 Å². The van der Waals surface area contributed by atoms with Gasteiger partial charge in [0.15, 0.2) is 0 Å². The van der Waals surface area contributed by atoms with Gasteiger partial charge in [0.1, 0.15) is 0 Å². The Kier molecular flexibility index (Phi) is 1.54. The maximum Gasteiger partial charge on any atom is 0.0573 e. The largest absolute Gasteiger partial charge is 0.393 e. The van der Waals surface area contributed by atoms with E-state index in [1.807, 2.05) is 0 Å². The SMILES string of the molecule is CC1C[C@H]2CC[C@]1(C)CC2O. The number of aliphatic hydroxyl groups excluding tert-OH is 1. The molecule has 3 fully saturated rings. The minimum absolute atomic E-state index is 0.0185. The first-order valence-electron chi connectivity index (χ1n) is 4.80. The lowest BCUT2D eigenvalue weighted by atomic mass is 9.55. The minimum Gasteiger partial charge on any atom is -0.393 e. The van der Waals surface area contributed by atoms with E-state index in [0.29, 0.717) is 11.3 Å². The molecule has 0 aromatic heterocycles. The fraction of sp³-hybridized carbons (Fsp3) is 1.00. The van der Waals surface area contributed by atoms with Crippen LogP contribution >= 0.6 is 0 Å². The van der Waals surface area contributed by atoms with E-state index in [0.717, 1.165) is 12.3 Å². The van der Waals surface area contributed by atoms with Crippen LogP contribution in [-0.2, 0) is 0 Å². The predicted octanol–water partition coefficient (Wildman–Crippen LogP) is 2.19. The van der Waals surface area contributed by atoms with Crippen molar-refractivity contribution in [2.45, 2.75) is 45.6 Å². The van der Waals surface area contributed by atoms with Crippen LogP contribution < -0.4 is 0 Å². The molecule has 1 nitrogen and oxygen atoms in total. The summed E-state index contributed by atoms with van der Waals surface area (Å²) < 4.78 is 0. The van der Waals surface area contributed by atoms with Gasteiger partial charge in [-0.25, -0.2) is 0 Å². The van der Waals surface area contributed by atoms with Crippen molar-refractivity contribution < 1.29 is 5.11 Å². The van der Waals surface area contributed by atoms with Gasteiger partial charge in [0.05, 0.1) is 6.10 Å². The van der Waals surface area contributed by atoms with E-state index in [4.69, 9.17) is 0 Å². The van der Waals surface area contributed by atoms with E-state index in [2.05, 4.69) is 13.8 Å². The lowest BCUT2D eigenvalue weighted by molar-refractivity contribution is -0.0765. The van der Waals surface area contributed by atoms with E-state index in [-0.39, 0.29) is 6.10 Å². The third-order valence-corrected chi connectivity index (χ3v) is 4.15. The molecule has 2 unspecified atom stereocenters. The van der Waals surface area contributed by atoms with Gasteiger partial charge in [-0.3, -0.25) is 0 Å². The lowest BCUT2D eigenvalue weighted by Gasteiger charge is -2.51. The van der Waals surface area contributed by atoms with Gasteiger partial charge in [0, 0.05) is 0 Å². The Hall–Kier alpha value is -0.0400. The molecule has 0 saturated heterocycles. The standard InChI is InChI=1S/C10H18O/c1-7-5-8-3-4-10(7,2)6-9(8)11/h7-9,11H,3-6H2,1-2H3/t7?,8-,9?,10-/m1/s1. The fourth-order valence-electron chi connectivity index (χ4n) is 2.92. The second-order valence-corrected chi connectivity index (χ2v) is 4.86. The van der Waals surface area contributed by atoms with E-state index in [1.54, 1.807) is 0 Å². The quantitative estimate of drug-likeness (QED) is 0.567. The van der Waals surface area contributed by atoms with Crippen molar-refractivity contribution in [3.05, 3.63) is 0 Å². The zero-order valence-corrected chi connectivity index (χ0v) is 7.51. The molecule has 0 aromatic carbocycles. The summed E-state index contributed by atoms with van der Waals surface area (Å²) >= 11 is 0. The van der Waals surface area contributed by atoms with Crippen LogP contribution in [0.3, 0.4) is 0 Å². The molecule has 0 spiro atoms. The van der Waals surface area contributed by atoms with Gasteiger partial charge in [-0.15, -0.1) is 0 Å². The topological polar surface area (TPSA) is 20.2 Å². The molecule has 1 heteroatoms. The van der Waals surface area contributed by atoms with E-state index in [9.17, 15) is 5.11 Å². The van der Waals surface area contributed by atoms with Crippen molar-refractivity contribution in [2.24, 2.45) is 17.3 Å². The maximum absolute atomic E-state index is 9.68. The normalized spacial score (nSPS) is 56.5.